The third-order valence-electron chi connectivity index (χ3n) is 2.25. The maximum atomic E-state index is 13.6. The van der Waals surface area contributed by atoms with Crippen LogP contribution in [0.2, 0.25) is 5.02 Å². The predicted octanol–water partition coefficient (Wildman–Crippen LogP) is 2.89. The average Bonchev–Trinajstić information content (AvgIpc) is 2.58. The normalized spacial score (nSPS) is 19.3. The summed E-state index contributed by atoms with van der Waals surface area (Å²) in [5.41, 5.74) is 0.506. The second-order valence-electron chi connectivity index (χ2n) is 3.05. The highest BCUT2D eigenvalue weighted by Gasteiger charge is 2.30. The molecule has 0 radical (unpaired) electrons. The van der Waals surface area contributed by atoms with Crippen LogP contribution in [-0.4, -0.2) is 13.7 Å². The van der Waals surface area contributed by atoms with Gasteiger partial charge in [0, 0.05) is 0 Å². The van der Waals surface area contributed by atoms with Gasteiger partial charge in [0.25, 0.3) is 0 Å². The molecule has 76 valence electrons. The van der Waals surface area contributed by atoms with E-state index < -0.39 is 5.82 Å². The summed E-state index contributed by atoms with van der Waals surface area (Å²) in [5, 5.41) is 3.08. The van der Waals surface area contributed by atoms with Gasteiger partial charge in [-0.15, -0.1) is 0 Å². The maximum Gasteiger partial charge on any atom is 0.150 e. The number of halogens is 3. The molecule has 1 unspecified atom stereocenters. The van der Waals surface area contributed by atoms with Crippen LogP contribution in [0.5, 0.6) is 5.75 Å². The highest BCUT2D eigenvalue weighted by Crippen LogP contribution is 2.42. The van der Waals surface area contributed by atoms with Gasteiger partial charge in [0.15, 0.2) is 0 Å². The Kier molecular flexibility index (Phi) is 2.68. The molecular weight excluding hydrogens is 272 g/mol. The molecule has 0 aromatic heterocycles. The Morgan fingerprint density at radius 3 is 3.07 bits per heavy atom. The Balaban J connectivity index is 2.62. The van der Waals surface area contributed by atoms with Crippen LogP contribution in [0.4, 0.5) is 4.39 Å². The van der Waals surface area contributed by atoms with Crippen molar-refractivity contribution in [1.82, 2.24) is 5.32 Å². The smallest absolute Gasteiger partial charge is 0.150 e. The molecule has 0 bridgehead atoms. The highest BCUT2D eigenvalue weighted by molar-refractivity contribution is 9.10. The minimum absolute atomic E-state index is 0.112. The van der Waals surface area contributed by atoms with Gasteiger partial charge in [0.1, 0.15) is 18.2 Å². The number of rotatable bonds is 1. The van der Waals surface area contributed by atoms with Gasteiger partial charge in [-0.1, -0.05) is 11.6 Å². The Labute approximate surface area is 94.5 Å². The first-order valence-corrected chi connectivity index (χ1v) is 5.29. The molecule has 0 saturated heterocycles. The molecule has 1 aromatic rings. The standard InChI is InChI=1S/C9H8BrClFNO/c1-13-6-3-14-9-4(10)2-5(11)8(12)7(6)9/h2,6,13H,3H2,1H3. The van der Waals surface area contributed by atoms with Gasteiger partial charge in [0.2, 0.25) is 0 Å². The highest BCUT2D eigenvalue weighted by atomic mass is 79.9. The van der Waals surface area contributed by atoms with E-state index in [0.29, 0.717) is 22.4 Å². The monoisotopic (exact) mass is 279 g/mol. The summed E-state index contributed by atoms with van der Waals surface area (Å²) >= 11 is 9.02. The van der Waals surface area contributed by atoms with Gasteiger partial charge in [0.05, 0.1) is 21.1 Å². The van der Waals surface area contributed by atoms with E-state index in [1.165, 1.54) is 6.07 Å². The van der Waals surface area contributed by atoms with E-state index >= 15 is 0 Å². The van der Waals surface area contributed by atoms with Crippen molar-refractivity contribution in [3.05, 3.63) is 26.9 Å². The van der Waals surface area contributed by atoms with Crippen molar-refractivity contribution in [3.63, 3.8) is 0 Å². The summed E-state index contributed by atoms with van der Waals surface area (Å²) in [7, 11) is 1.76. The Hall–Kier alpha value is -0.320. The second kappa shape index (κ2) is 3.68. The van der Waals surface area contributed by atoms with Crippen LogP contribution in [0.1, 0.15) is 11.6 Å². The second-order valence-corrected chi connectivity index (χ2v) is 4.31. The number of fused-ring (bicyclic) bond motifs is 1. The molecule has 0 fully saturated rings. The van der Waals surface area contributed by atoms with Gasteiger partial charge >= 0.3 is 0 Å². The van der Waals surface area contributed by atoms with E-state index in [1.807, 2.05) is 0 Å². The number of hydrogen-bond acceptors (Lipinski definition) is 2. The third kappa shape index (κ3) is 1.42. The molecule has 1 atom stereocenters. The van der Waals surface area contributed by atoms with Crippen LogP contribution < -0.4 is 10.1 Å². The fourth-order valence-electron chi connectivity index (χ4n) is 1.53. The van der Waals surface area contributed by atoms with Gasteiger partial charge in [-0.3, -0.25) is 0 Å². The molecule has 5 heteroatoms. The zero-order chi connectivity index (χ0) is 10.3. The number of benzene rings is 1. The Morgan fingerprint density at radius 1 is 1.71 bits per heavy atom. The van der Waals surface area contributed by atoms with Gasteiger partial charge in [-0.25, -0.2) is 4.39 Å². The molecular formula is C9H8BrClFNO. The zero-order valence-corrected chi connectivity index (χ0v) is 9.75. The molecule has 0 aliphatic carbocycles. The lowest BCUT2D eigenvalue weighted by Crippen LogP contribution is -2.18. The summed E-state index contributed by atoms with van der Waals surface area (Å²) in [6.07, 6.45) is 0. The number of ether oxygens (including phenoxy) is 1. The van der Waals surface area contributed by atoms with E-state index in [4.69, 9.17) is 16.3 Å². The minimum Gasteiger partial charge on any atom is -0.490 e. The average molecular weight is 281 g/mol. The van der Waals surface area contributed by atoms with E-state index in [1.54, 1.807) is 7.05 Å². The summed E-state index contributed by atoms with van der Waals surface area (Å²) in [6, 6.07) is 1.38. The van der Waals surface area contributed by atoms with Crippen LogP contribution in [0.15, 0.2) is 10.5 Å². The molecule has 1 aliphatic heterocycles. The first kappa shape index (κ1) is 10.2. The molecule has 1 N–H and O–H groups in total. The van der Waals surface area contributed by atoms with Crippen LogP contribution in [0.25, 0.3) is 0 Å². The van der Waals surface area contributed by atoms with E-state index in [0.717, 1.165) is 0 Å². The first-order valence-electron chi connectivity index (χ1n) is 4.12. The fraction of sp³-hybridized carbons (Fsp3) is 0.333. The molecule has 1 aliphatic rings. The number of likely N-dealkylation sites (N-methyl/N-ethyl adjacent to an activating group) is 1. The van der Waals surface area contributed by atoms with Gasteiger partial charge < -0.3 is 10.1 Å². The molecule has 14 heavy (non-hydrogen) atoms. The topological polar surface area (TPSA) is 21.3 Å². The van der Waals surface area contributed by atoms with E-state index in [-0.39, 0.29) is 11.1 Å². The predicted molar refractivity (Wildman–Crippen MR) is 56.4 cm³/mol. The van der Waals surface area contributed by atoms with Crippen LogP contribution in [0.3, 0.4) is 0 Å². The maximum absolute atomic E-state index is 13.6. The van der Waals surface area contributed by atoms with Crippen molar-refractivity contribution in [2.75, 3.05) is 13.7 Å². The van der Waals surface area contributed by atoms with E-state index in [9.17, 15) is 4.39 Å². The molecule has 1 heterocycles. The van der Waals surface area contributed by atoms with Crippen molar-refractivity contribution < 1.29 is 9.13 Å². The molecule has 0 amide bonds. The lowest BCUT2D eigenvalue weighted by molar-refractivity contribution is 0.316. The van der Waals surface area contributed by atoms with Crippen molar-refractivity contribution >= 4 is 27.5 Å². The van der Waals surface area contributed by atoms with Gasteiger partial charge in [-0.05, 0) is 29.0 Å². The fourth-order valence-corrected chi connectivity index (χ4v) is 2.43. The minimum atomic E-state index is -0.401. The van der Waals surface area contributed by atoms with Crippen molar-refractivity contribution in [1.29, 1.82) is 0 Å². The first-order chi connectivity index (χ1) is 6.65. The SMILES string of the molecule is CNC1COc2c(Br)cc(Cl)c(F)c21. The van der Waals surface area contributed by atoms with E-state index in [2.05, 4.69) is 21.2 Å². The number of hydrogen-bond donors (Lipinski definition) is 1. The lowest BCUT2D eigenvalue weighted by Gasteiger charge is -2.08. The van der Waals surface area contributed by atoms with Gasteiger partial charge in [-0.2, -0.15) is 0 Å². The zero-order valence-electron chi connectivity index (χ0n) is 7.40. The lowest BCUT2D eigenvalue weighted by atomic mass is 10.1. The molecule has 2 rings (SSSR count). The van der Waals surface area contributed by atoms with Crippen LogP contribution in [-0.2, 0) is 0 Å². The molecule has 2 nitrogen and oxygen atoms in total. The number of nitrogens with one attached hydrogen (secondary N) is 1. The van der Waals surface area contributed by atoms with Crippen molar-refractivity contribution in [2.45, 2.75) is 6.04 Å². The van der Waals surface area contributed by atoms with Crippen molar-refractivity contribution in [3.8, 4) is 5.75 Å². The summed E-state index contributed by atoms with van der Waals surface area (Å²) < 4.78 is 19.7. The summed E-state index contributed by atoms with van der Waals surface area (Å²) in [6.45, 7) is 0.432. The Morgan fingerprint density at radius 2 is 2.43 bits per heavy atom. The molecule has 1 aromatic carbocycles. The summed E-state index contributed by atoms with van der Waals surface area (Å²) in [5.74, 6) is 0.146. The Bertz CT molecular complexity index is 386. The third-order valence-corrected chi connectivity index (χ3v) is 3.12. The van der Waals surface area contributed by atoms with Crippen molar-refractivity contribution in [2.24, 2.45) is 0 Å². The molecule has 0 saturated carbocycles. The largest absolute Gasteiger partial charge is 0.490 e. The molecule has 0 spiro atoms. The van der Waals surface area contributed by atoms with Crippen LogP contribution in [0, 0.1) is 5.82 Å². The quantitative estimate of drug-likeness (QED) is 0.799. The van der Waals surface area contributed by atoms with Crippen LogP contribution >= 0.6 is 27.5 Å². The summed E-state index contributed by atoms with van der Waals surface area (Å²) in [4.78, 5) is 0.